The molecule has 0 aromatic heterocycles. The molecule has 156 valence electrons. The van der Waals surface area contributed by atoms with Gasteiger partial charge in [-0.1, -0.05) is 24.3 Å². The molecule has 0 saturated heterocycles. The average Bonchev–Trinajstić information content (AvgIpc) is 2.81. The summed E-state index contributed by atoms with van der Waals surface area (Å²) < 4.78 is 5.21. The Kier molecular flexibility index (Phi) is 9.62. The number of rotatable bonds is 10. The molecule has 0 heterocycles. The predicted octanol–water partition coefficient (Wildman–Crippen LogP) is 3.66. The fourth-order valence-corrected chi connectivity index (χ4v) is 3.62. The van der Waals surface area contributed by atoms with Gasteiger partial charge in [-0.15, -0.1) is 11.8 Å². The maximum absolute atomic E-state index is 12.6. The van der Waals surface area contributed by atoms with Gasteiger partial charge in [-0.2, -0.15) is 15.8 Å². The molecule has 0 N–H and O–H groups in total. The van der Waals surface area contributed by atoms with Crippen LogP contribution in [0.25, 0.3) is 0 Å². The molecule has 0 atom stereocenters. The third-order valence-corrected chi connectivity index (χ3v) is 5.40. The van der Waals surface area contributed by atoms with E-state index in [4.69, 9.17) is 20.5 Å². The number of esters is 1. The largest absolute Gasteiger partial charge is 0.452 e. The summed E-state index contributed by atoms with van der Waals surface area (Å²) in [7, 11) is 0. The van der Waals surface area contributed by atoms with E-state index in [1.807, 2.05) is 30.3 Å². The summed E-state index contributed by atoms with van der Waals surface area (Å²) in [6.45, 7) is -0.0818. The zero-order chi connectivity index (χ0) is 22.5. The third-order valence-electron chi connectivity index (χ3n) is 4.25. The molecule has 0 radical (unpaired) electrons. The molecule has 2 rings (SSSR count). The van der Waals surface area contributed by atoms with Crippen molar-refractivity contribution in [3.8, 4) is 18.2 Å². The zero-order valence-corrected chi connectivity index (χ0v) is 17.6. The van der Waals surface area contributed by atoms with Crippen molar-refractivity contribution in [3.05, 3.63) is 65.2 Å². The number of hydrogen-bond acceptors (Lipinski definition) is 7. The van der Waals surface area contributed by atoms with Gasteiger partial charge in [0.15, 0.2) is 6.61 Å². The van der Waals surface area contributed by atoms with Gasteiger partial charge < -0.3 is 9.64 Å². The van der Waals surface area contributed by atoms with Crippen molar-refractivity contribution in [1.29, 1.82) is 15.8 Å². The lowest BCUT2D eigenvalue weighted by atomic mass is 10.2. The van der Waals surface area contributed by atoms with Gasteiger partial charge in [-0.25, -0.2) is 4.79 Å². The molecule has 2 aromatic carbocycles. The van der Waals surface area contributed by atoms with E-state index in [1.54, 1.807) is 30.3 Å². The summed E-state index contributed by atoms with van der Waals surface area (Å²) in [6.07, 6.45) is 0.278. The van der Waals surface area contributed by atoms with Crippen molar-refractivity contribution < 1.29 is 14.3 Å². The molecule has 0 saturated carbocycles. The fourth-order valence-electron chi connectivity index (χ4n) is 2.63. The number of carbonyl (C=O) groups excluding carboxylic acids is 2. The Morgan fingerprint density at radius 3 is 2.19 bits per heavy atom. The van der Waals surface area contributed by atoms with Crippen molar-refractivity contribution in [2.45, 2.75) is 23.5 Å². The normalized spacial score (nSPS) is 9.71. The van der Waals surface area contributed by atoms with Crippen LogP contribution in [0.3, 0.4) is 0 Å². The quantitative estimate of drug-likeness (QED) is 0.415. The number of benzene rings is 2. The summed E-state index contributed by atoms with van der Waals surface area (Å²) in [5, 5.41) is 26.3. The lowest BCUT2D eigenvalue weighted by Crippen LogP contribution is -2.36. The van der Waals surface area contributed by atoms with E-state index in [1.165, 1.54) is 16.7 Å². The lowest BCUT2D eigenvalue weighted by Gasteiger charge is -2.20. The van der Waals surface area contributed by atoms with Gasteiger partial charge in [0.1, 0.15) is 0 Å². The van der Waals surface area contributed by atoms with Crippen molar-refractivity contribution in [1.82, 2.24) is 4.90 Å². The van der Waals surface area contributed by atoms with Crippen LogP contribution in [-0.4, -0.2) is 36.5 Å². The van der Waals surface area contributed by atoms with Crippen molar-refractivity contribution in [2.75, 3.05) is 19.7 Å². The molecule has 0 aliphatic rings. The number of carbonyl (C=O) groups is 2. The van der Waals surface area contributed by atoms with Crippen LogP contribution in [0.4, 0.5) is 0 Å². The standard InChI is InChI=1S/C23H20N4O3S/c24-11-3-13-27(14-4-12-25)22(28)16-30-23(29)20-5-1-2-6-21(20)31-17-19-9-7-18(15-26)8-10-19/h1-2,5-10H,3-4,13-14,16-17H2. The summed E-state index contributed by atoms with van der Waals surface area (Å²) in [4.78, 5) is 27.0. The molecule has 0 fully saturated rings. The summed E-state index contributed by atoms with van der Waals surface area (Å²) in [5.74, 6) is -0.455. The molecule has 2 aromatic rings. The topological polar surface area (TPSA) is 118 Å². The first-order valence-electron chi connectivity index (χ1n) is 9.48. The minimum atomic E-state index is -0.614. The Morgan fingerprint density at radius 2 is 1.58 bits per heavy atom. The van der Waals surface area contributed by atoms with Crippen molar-refractivity contribution >= 4 is 23.6 Å². The smallest absolute Gasteiger partial charge is 0.339 e. The zero-order valence-electron chi connectivity index (χ0n) is 16.8. The second-order valence-corrected chi connectivity index (χ2v) is 7.38. The SMILES string of the molecule is N#CCCN(CCC#N)C(=O)COC(=O)c1ccccc1SCc1ccc(C#N)cc1. The van der Waals surface area contributed by atoms with Gasteiger partial charge in [0.25, 0.3) is 5.91 Å². The number of amides is 1. The molecule has 0 bridgehead atoms. The van der Waals surface area contributed by atoms with Gasteiger partial charge >= 0.3 is 5.97 Å². The van der Waals surface area contributed by atoms with Crippen LogP contribution >= 0.6 is 11.8 Å². The minimum absolute atomic E-state index is 0.139. The Balaban J connectivity index is 1.98. The average molecular weight is 433 g/mol. The highest BCUT2D eigenvalue weighted by molar-refractivity contribution is 7.98. The summed E-state index contributed by atoms with van der Waals surface area (Å²) >= 11 is 1.45. The molecule has 0 unspecified atom stereocenters. The van der Waals surface area contributed by atoms with Crippen molar-refractivity contribution in [2.24, 2.45) is 0 Å². The number of ether oxygens (including phenoxy) is 1. The highest BCUT2D eigenvalue weighted by Crippen LogP contribution is 2.27. The van der Waals surface area contributed by atoms with Crippen molar-refractivity contribution in [3.63, 3.8) is 0 Å². The minimum Gasteiger partial charge on any atom is -0.452 e. The van der Waals surface area contributed by atoms with Gasteiger partial charge in [-0.05, 0) is 29.8 Å². The van der Waals surface area contributed by atoms with E-state index in [2.05, 4.69) is 6.07 Å². The molecule has 0 aliphatic carbocycles. The monoisotopic (exact) mass is 432 g/mol. The van der Waals surface area contributed by atoms with Crippen LogP contribution in [0, 0.1) is 34.0 Å². The number of hydrogen-bond donors (Lipinski definition) is 0. The van der Waals surface area contributed by atoms with Crippen LogP contribution in [0.5, 0.6) is 0 Å². The molecule has 7 nitrogen and oxygen atoms in total. The van der Waals surface area contributed by atoms with Crippen LogP contribution < -0.4 is 0 Å². The van der Waals surface area contributed by atoms with Crippen LogP contribution in [0.15, 0.2) is 53.4 Å². The summed E-state index contributed by atoms with van der Waals surface area (Å²) in [6, 6.07) is 20.2. The van der Waals surface area contributed by atoms with E-state index in [0.29, 0.717) is 16.9 Å². The number of nitriles is 3. The molecule has 0 spiro atoms. The van der Waals surface area contributed by atoms with Crippen LogP contribution in [0.2, 0.25) is 0 Å². The molecule has 1 amide bonds. The first-order chi connectivity index (χ1) is 15.1. The first kappa shape index (κ1) is 23.5. The predicted molar refractivity (Wildman–Crippen MR) is 114 cm³/mol. The fraction of sp³-hybridized carbons (Fsp3) is 0.261. The van der Waals surface area contributed by atoms with Gasteiger partial charge in [-0.3, -0.25) is 4.79 Å². The van der Waals surface area contributed by atoms with Crippen LogP contribution in [0.1, 0.15) is 34.3 Å². The van der Waals surface area contributed by atoms with E-state index in [-0.39, 0.29) is 25.9 Å². The summed E-state index contributed by atoms with van der Waals surface area (Å²) in [5.41, 5.74) is 1.95. The second kappa shape index (κ2) is 12.7. The Morgan fingerprint density at radius 1 is 0.935 bits per heavy atom. The molecule has 8 heteroatoms. The third kappa shape index (κ3) is 7.51. The van der Waals surface area contributed by atoms with E-state index < -0.39 is 18.5 Å². The first-order valence-corrected chi connectivity index (χ1v) is 10.5. The maximum Gasteiger partial charge on any atom is 0.339 e. The molecular formula is C23H20N4O3S. The van der Waals surface area contributed by atoms with E-state index >= 15 is 0 Å². The number of thioether (sulfide) groups is 1. The van der Waals surface area contributed by atoms with E-state index in [9.17, 15) is 9.59 Å². The highest BCUT2D eigenvalue weighted by Gasteiger charge is 2.18. The van der Waals surface area contributed by atoms with Gasteiger partial charge in [0.2, 0.25) is 0 Å². The Hall–Kier alpha value is -3.80. The highest BCUT2D eigenvalue weighted by atomic mass is 32.2. The number of nitrogens with zero attached hydrogens (tertiary/aromatic N) is 4. The second-order valence-electron chi connectivity index (χ2n) is 6.37. The maximum atomic E-state index is 12.6. The molecular weight excluding hydrogens is 412 g/mol. The van der Waals surface area contributed by atoms with Gasteiger partial charge in [0.05, 0.1) is 42.2 Å². The lowest BCUT2D eigenvalue weighted by molar-refractivity contribution is -0.134. The Labute approximate surface area is 185 Å². The Bertz CT molecular complexity index is 1010. The van der Waals surface area contributed by atoms with Crippen LogP contribution in [-0.2, 0) is 15.3 Å². The van der Waals surface area contributed by atoms with E-state index in [0.717, 1.165) is 10.5 Å². The molecule has 0 aliphatic heterocycles. The van der Waals surface area contributed by atoms with Gasteiger partial charge in [0, 0.05) is 23.7 Å². The molecule has 31 heavy (non-hydrogen) atoms.